The Labute approximate surface area is 222 Å². The Kier molecular flexibility index (Phi) is 7.68. The zero-order valence-electron chi connectivity index (χ0n) is 21.4. The van der Waals surface area contributed by atoms with E-state index in [-0.39, 0.29) is 5.91 Å². The summed E-state index contributed by atoms with van der Waals surface area (Å²) in [4.78, 5) is 26.1. The standard InChI is InChI=1S/C30H30N4O4/c1-3-17-37-28-20-26-25(19-27(28)36-2)30(32-21-31-26)34-15-13-33(14-16-34)29(35)18-22-9-11-24(12-10-22)38-23-7-5-4-6-8-23/h3-12,19-21H,1,13-18H2,2H3. The number of nitrogens with zero attached hydrogens (tertiary/aromatic N) is 4. The third kappa shape index (κ3) is 5.70. The first kappa shape index (κ1) is 25.1. The summed E-state index contributed by atoms with van der Waals surface area (Å²) in [5, 5.41) is 0.882. The zero-order chi connectivity index (χ0) is 26.3. The molecule has 4 aromatic rings. The van der Waals surface area contributed by atoms with Crippen LogP contribution in [0.3, 0.4) is 0 Å². The minimum atomic E-state index is 0.111. The van der Waals surface area contributed by atoms with Gasteiger partial charge in [0.2, 0.25) is 5.91 Å². The van der Waals surface area contributed by atoms with E-state index in [9.17, 15) is 4.79 Å². The monoisotopic (exact) mass is 510 g/mol. The van der Waals surface area contributed by atoms with Crippen molar-refractivity contribution in [3.8, 4) is 23.0 Å². The number of methoxy groups -OCH3 is 1. The van der Waals surface area contributed by atoms with E-state index < -0.39 is 0 Å². The lowest BCUT2D eigenvalue weighted by atomic mass is 10.1. The third-order valence-electron chi connectivity index (χ3n) is 6.45. The molecular weight excluding hydrogens is 480 g/mol. The summed E-state index contributed by atoms with van der Waals surface area (Å²) in [6, 6.07) is 21.1. The number of rotatable bonds is 9. The van der Waals surface area contributed by atoms with Crippen LogP contribution in [0.25, 0.3) is 10.9 Å². The van der Waals surface area contributed by atoms with Crippen molar-refractivity contribution in [1.82, 2.24) is 14.9 Å². The third-order valence-corrected chi connectivity index (χ3v) is 6.45. The van der Waals surface area contributed by atoms with E-state index >= 15 is 0 Å². The van der Waals surface area contributed by atoms with Crippen molar-refractivity contribution in [3.05, 3.63) is 91.3 Å². The summed E-state index contributed by atoms with van der Waals surface area (Å²) in [5.41, 5.74) is 1.73. The van der Waals surface area contributed by atoms with Crippen LogP contribution in [0.4, 0.5) is 5.82 Å². The van der Waals surface area contributed by atoms with Gasteiger partial charge in [-0.15, -0.1) is 0 Å². The van der Waals surface area contributed by atoms with Crippen molar-refractivity contribution < 1.29 is 19.0 Å². The van der Waals surface area contributed by atoms with Crippen molar-refractivity contribution in [2.75, 3.05) is 44.8 Å². The maximum absolute atomic E-state index is 13.0. The topological polar surface area (TPSA) is 77.0 Å². The smallest absolute Gasteiger partial charge is 0.227 e. The van der Waals surface area contributed by atoms with E-state index in [4.69, 9.17) is 14.2 Å². The van der Waals surface area contributed by atoms with Gasteiger partial charge < -0.3 is 24.0 Å². The van der Waals surface area contributed by atoms with Gasteiger partial charge in [-0.25, -0.2) is 9.97 Å². The number of benzene rings is 3. The van der Waals surface area contributed by atoms with Crippen LogP contribution in [0.5, 0.6) is 23.0 Å². The largest absolute Gasteiger partial charge is 0.493 e. The van der Waals surface area contributed by atoms with Crippen molar-refractivity contribution in [3.63, 3.8) is 0 Å². The van der Waals surface area contributed by atoms with E-state index in [0.717, 1.165) is 33.8 Å². The molecule has 194 valence electrons. The summed E-state index contributed by atoms with van der Waals surface area (Å²) < 4.78 is 17.1. The fraction of sp³-hybridized carbons (Fsp3) is 0.233. The van der Waals surface area contributed by atoms with E-state index in [1.807, 2.05) is 71.6 Å². The molecule has 1 aliphatic rings. The van der Waals surface area contributed by atoms with Gasteiger partial charge in [-0.2, -0.15) is 0 Å². The van der Waals surface area contributed by atoms with Gasteiger partial charge >= 0.3 is 0 Å². The minimum Gasteiger partial charge on any atom is -0.493 e. The van der Waals surface area contributed by atoms with E-state index in [1.165, 1.54) is 0 Å². The first-order valence-electron chi connectivity index (χ1n) is 12.6. The summed E-state index contributed by atoms with van der Waals surface area (Å²) >= 11 is 0. The van der Waals surface area contributed by atoms with Crippen molar-refractivity contribution in [2.45, 2.75) is 6.42 Å². The quantitative estimate of drug-likeness (QED) is 0.297. The normalized spacial score (nSPS) is 13.3. The van der Waals surface area contributed by atoms with Gasteiger partial charge in [0.1, 0.15) is 30.3 Å². The molecule has 0 saturated carbocycles. The molecule has 1 aliphatic heterocycles. The molecule has 3 aromatic carbocycles. The van der Waals surface area contributed by atoms with Gasteiger partial charge in [0.15, 0.2) is 11.5 Å². The Morgan fingerprint density at radius 2 is 1.68 bits per heavy atom. The maximum atomic E-state index is 13.0. The Balaban J connectivity index is 1.21. The number of ether oxygens (including phenoxy) is 3. The van der Waals surface area contributed by atoms with Crippen LogP contribution in [-0.2, 0) is 11.2 Å². The average Bonchev–Trinajstić information content (AvgIpc) is 2.97. The molecule has 2 heterocycles. The highest BCUT2D eigenvalue weighted by atomic mass is 16.5. The number of anilines is 1. The fourth-order valence-corrected chi connectivity index (χ4v) is 4.48. The van der Waals surface area contributed by atoms with Gasteiger partial charge in [-0.05, 0) is 35.9 Å². The molecule has 0 unspecified atom stereocenters. The second-order valence-electron chi connectivity index (χ2n) is 8.92. The predicted octanol–water partition coefficient (Wildman–Crippen LogP) is 4.89. The maximum Gasteiger partial charge on any atom is 0.227 e. The lowest BCUT2D eigenvalue weighted by Gasteiger charge is -2.36. The number of carbonyl (C=O) groups excluding carboxylic acids is 1. The van der Waals surface area contributed by atoms with E-state index in [2.05, 4.69) is 21.4 Å². The second-order valence-corrected chi connectivity index (χ2v) is 8.92. The Morgan fingerprint density at radius 3 is 2.39 bits per heavy atom. The highest BCUT2D eigenvalue weighted by molar-refractivity contribution is 5.92. The van der Waals surface area contributed by atoms with Gasteiger partial charge in [0.25, 0.3) is 0 Å². The Bertz CT molecular complexity index is 1400. The molecule has 1 fully saturated rings. The minimum absolute atomic E-state index is 0.111. The van der Waals surface area contributed by atoms with Crippen LogP contribution in [0.1, 0.15) is 5.56 Å². The molecule has 0 atom stereocenters. The van der Waals surface area contributed by atoms with E-state index in [0.29, 0.717) is 50.7 Å². The SMILES string of the molecule is C=CCOc1cc2ncnc(N3CCN(C(=O)Cc4ccc(Oc5ccccc5)cc4)CC3)c2cc1OC. The highest BCUT2D eigenvalue weighted by Gasteiger charge is 2.24. The number of aromatic nitrogens is 2. The highest BCUT2D eigenvalue weighted by Crippen LogP contribution is 2.35. The number of hydrogen-bond donors (Lipinski definition) is 0. The summed E-state index contributed by atoms with van der Waals surface area (Å²) in [6.45, 7) is 6.68. The molecule has 0 radical (unpaired) electrons. The molecule has 0 spiro atoms. The molecule has 1 saturated heterocycles. The average molecular weight is 511 g/mol. The van der Waals surface area contributed by atoms with Gasteiger partial charge in [-0.1, -0.05) is 43.0 Å². The number of amides is 1. The van der Waals surface area contributed by atoms with Gasteiger partial charge in [0, 0.05) is 37.6 Å². The van der Waals surface area contributed by atoms with E-state index in [1.54, 1.807) is 19.5 Å². The predicted molar refractivity (Wildman–Crippen MR) is 147 cm³/mol. The molecule has 38 heavy (non-hydrogen) atoms. The van der Waals surface area contributed by atoms with Crippen molar-refractivity contribution in [1.29, 1.82) is 0 Å². The molecular formula is C30H30N4O4. The van der Waals surface area contributed by atoms with Gasteiger partial charge in [0.05, 0.1) is 19.0 Å². The van der Waals surface area contributed by atoms with Crippen LogP contribution in [0.2, 0.25) is 0 Å². The number of para-hydroxylation sites is 1. The summed E-state index contributed by atoms with van der Waals surface area (Å²) in [7, 11) is 1.61. The molecule has 5 rings (SSSR count). The first-order valence-corrected chi connectivity index (χ1v) is 12.6. The number of hydrogen-bond acceptors (Lipinski definition) is 7. The molecule has 8 heteroatoms. The molecule has 0 N–H and O–H groups in total. The Morgan fingerprint density at radius 1 is 0.947 bits per heavy atom. The van der Waals surface area contributed by atoms with Crippen LogP contribution in [0, 0.1) is 0 Å². The molecule has 1 aromatic heterocycles. The number of fused-ring (bicyclic) bond motifs is 1. The van der Waals surface area contributed by atoms with Gasteiger partial charge in [-0.3, -0.25) is 4.79 Å². The summed E-state index contributed by atoms with van der Waals surface area (Å²) in [6.07, 6.45) is 3.60. The van der Waals surface area contributed by atoms with Crippen LogP contribution >= 0.6 is 0 Å². The molecule has 0 aliphatic carbocycles. The van der Waals surface area contributed by atoms with Crippen molar-refractivity contribution in [2.24, 2.45) is 0 Å². The van der Waals surface area contributed by atoms with Crippen LogP contribution in [0.15, 0.2) is 85.7 Å². The van der Waals surface area contributed by atoms with Crippen LogP contribution < -0.4 is 19.1 Å². The first-order chi connectivity index (χ1) is 18.6. The lowest BCUT2D eigenvalue weighted by molar-refractivity contribution is -0.130. The molecule has 0 bridgehead atoms. The van der Waals surface area contributed by atoms with Crippen molar-refractivity contribution >= 4 is 22.6 Å². The molecule has 8 nitrogen and oxygen atoms in total. The number of carbonyl (C=O) groups is 1. The summed E-state index contributed by atoms with van der Waals surface area (Å²) in [5.74, 6) is 3.69. The lowest BCUT2D eigenvalue weighted by Crippen LogP contribution is -2.49. The zero-order valence-corrected chi connectivity index (χ0v) is 21.4. The number of piperazine rings is 1. The van der Waals surface area contributed by atoms with Crippen LogP contribution in [-0.4, -0.2) is 60.7 Å². The fourth-order valence-electron chi connectivity index (χ4n) is 4.48. The molecule has 1 amide bonds. The Hall–Kier alpha value is -4.59. The second kappa shape index (κ2) is 11.6.